The quantitative estimate of drug-likeness (QED) is 0.679. The van der Waals surface area contributed by atoms with E-state index < -0.39 is 0 Å². The van der Waals surface area contributed by atoms with E-state index in [0.717, 1.165) is 19.1 Å². The molecule has 0 spiro atoms. The summed E-state index contributed by atoms with van der Waals surface area (Å²) in [6, 6.07) is 0. The van der Waals surface area contributed by atoms with Gasteiger partial charge in [0.25, 0.3) is 0 Å². The largest absolute Gasteiger partial charge is 0.383 e. The van der Waals surface area contributed by atoms with Crippen molar-refractivity contribution in [1.82, 2.24) is 10.2 Å². The zero-order chi connectivity index (χ0) is 9.52. The number of rotatable bonds is 5. The van der Waals surface area contributed by atoms with E-state index in [2.05, 4.69) is 17.3 Å². The Hall–Kier alpha value is -0.120. The third kappa shape index (κ3) is 4.60. The number of hydrogen-bond donors (Lipinski definition) is 1. The SMILES string of the molecule is COCCN(C)CC1CCNCC1. The molecule has 1 rings (SSSR count). The monoisotopic (exact) mass is 186 g/mol. The first-order chi connectivity index (χ1) is 6.33. The Morgan fingerprint density at radius 3 is 2.69 bits per heavy atom. The average Bonchev–Trinajstić information content (AvgIpc) is 2.16. The zero-order valence-electron chi connectivity index (χ0n) is 8.88. The number of nitrogens with zero attached hydrogens (tertiary/aromatic N) is 1. The van der Waals surface area contributed by atoms with Crippen molar-refractivity contribution < 1.29 is 4.74 Å². The Bertz CT molecular complexity index is 124. The maximum atomic E-state index is 5.05. The molecule has 0 atom stereocenters. The van der Waals surface area contributed by atoms with E-state index in [4.69, 9.17) is 4.74 Å². The summed E-state index contributed by atoms with van der Waals surface area (Å²) in [5, 5.41) is 3.39. The maximum absolute atomic E-state index is 5.05. The van der Waals surface area contributed by atoms with Gasteiger partial charge >= 0.3 is 0 Å². The van der Waals surface area contributed by atoms with Crippen LogP contribution in [0.3, 0.4) is 0 Å². The number of ether oxygens (including phenoxy) is 1. The summed E-state index contributed by atoms with van der Waals surface area (Å²) in [5.74, 6) is 0.892. The summed E-state index contributed by atoms with van der Waals surface area (Å²) >= 11 is 0. The second-order valence-corrected chi connectivity index (χ2v) is 3.95. The van der Waals surface area contributed by atoms with Crippen LogP contribution >= 0.6 is 0 Å². The van der Waals surface area contributed by atoms with Gasteiger partial charge in [0.15, 0.2) is 0 Å². The summed E-state index contributed by atoms with van der Waals surface area (Å²) in [4.78, 5) is 2.37. The molecule has 1 N–H and O–H groups in total. The predicted molar refractivity (Wildman–Crippen MR) is 55.0 cm³/mol. The van der Waals surface area contributed by atoms with Crippen LogP contribution in [-0.4, -0.2) is 51.8 Å². The van der Waals surface area contributed by atoms with Crippen molar-refractivity contribution in [3.05, 3.63) is 0 Å². The number of hydrogen-bond acceptors (Lipinski definition) is 3. The minimum Gasteiger partial charge on any atom is -0.383 e. The first kappa shape index (κ1) is 11.0. The molecule has 0 amide bonds. The van der Waals surface area contributed by atoms with Crippen LogP contribution < -0.4 is 5.32 Å². The first-order valence-corrected chi connectivity index (χ1v) is 5.21. The van der Waals surface area contributed by atoms with E-state index in [0.29, 0.717) is 0 Å². The van der Waals surface area contributed by atoms with E-state index in [9.17, 15) is 0 Å². The van der Waals surface area contributed by atoms with Gasteiger partial charge < -0.3 is 15.0 Å². The second kappa shape index (κ2) is 6.35. The van der Waals surface area contributed by atoms with E-state index in [1.54, 1.807) is 7.11 Å². The Balaban J connectivity index is 2.07. The number of piperidine rings is 1. The fraction of sp³-hybridized carbons (Fsp3) is 1.00. The topological polar surface area (TPSA) is 24.5 Å². The number of nitrogens with one attached hydrogen (secondary N) is 1. The van der Waals surface area contributed by atoms with Crippen LogP contribution in [0.4, 0.5) is 0 Å². The Kier molecular flexibility index (Phi) is 5.35. The normalized spacial score (nSPS) is 19.6. The zero-order valence-corrected chi connectivity index (χ0v) is 8.88. The number of likely N-dealkylation sites (N-methyl/N-ethyl adjacent to an activating group) is 1. The molecule has 3 nitrogen and oxygen atoms in total. The lowest BCUT2D eigenvalue weighted by Crippen LogP contribution is -2.35. The summed E-state index contributed by atoms with van der Waals surface area (Å²) in [7, 11) is 3.94. The van der Waals surface area contributed by atoms with Crippen molar-refractivity contribution in [1.29, 1.82) is 0 Å². The van der Waals surface area contributed by atoms with Crippen LogP contribution in [0, 0.1) is 5.92 Å². The molecular weight excluding hydrogens is 164 g/mol. The van der Waals surface area contributed by atoms with E-state index >= 15 is 0 Å². The van der Waals surface area contributed by atoms with Crippen molar-refractivity contribution in [2.75, 3.05) is 46.9 Å². The second-order valence-electron chi connectivity index (χ2n) is 3.95. The molecule has 1 heterocycles. The van der Waals surface area contributed by atoms with Gasteiger partial charge in [0.2, 0.25) is 0 Å². The van der Waals surface area contributed by atoms with Crippen molar-refractivity contribution in [2.45, 2.75) is 12.8 Å². The lowest BCUT2D eigenvalue weighted by molar-refractivity contribution is 0.147. The summed E-state index contributed by atoms with van der Waals surface area (Å²) in [5.41, 5.74) is 0. The standard InChI is InChI=1S/C10H22N2O/c1-12(7-8-13-2)9-10-3-5-11-6-4-10/h10-11H,3-9H2,1-2H3. The fourth-order valence-corrected chi connectivity index (χ4v) is 1.84. The lowest BCUT2D eigenvalue weighted by Gasteiger charge is -2.27. The van der Waals surface area contributed by atoms with Crippen LogP contribution in [0.1, 0.15) is 12.8 Å². The van der Waals surface area contributed by atoms with Gasteiger partial charge in [-0.05, 0) is 38.9 Å². The van der Waals surface area contributed by atoms with Gasteiger partial charge in [0.1, 0.15) is 0 Å². The van der Waals surface area contributed by atoms with Crippen LogP contribution in [0.15, 0.2) is 0 Å². The minimum atomic E-state index is 0.849. The summed E-state index contributed by atoms with van der Waals surface area (Å²) in [6.45, 7) is 5.53. The molecule has 1 saturated heterocycles. The van der Waals surface area contributed by atoms with Crippen molar-refractivity contribution in [2.24, 2.45) is 5.92 Å². The highest BCUT2D eigenvalue weighted by atomic mass is 16.5. The molecule has 0 aromatic rings. The van der Waals surface area contributed by atoms with Gasteiger partial charge in [0, 0.05) is 20.2 Å². The molecule has 0 bridgehead atoms. The van der Waals surface area contributed by atoms with Gasteiger partial charge in [-0.25, -0.2) is 0 Å². The van der Waals surface area contributed by atoms with Gasteiger partial charge in [-0.15, -0.1) is 0 Å². The van der Waals surface area contributed by atoms with Crippen LogP contribution in [0.25, 0.3) is 0 Å². The molecule has 3 heteroatoms. The van der Waals surface area contributed by atoms with Gasteiger partial charge in [0.05, 0.1) is 6.61 Å². The van der Waals surface area contributed by atoms with Crippen LogP contribution in [0.2, 0.25) is 0 Å². The van der Waals surface area contributed by atoms with Gasteiger partial charge in [-0.2, -0.15) is 0 Å². The van der Waals surface area contributed by atoms with Crippen molar-refractivity contribution in [3.63, 3.8) is 0 Å². The fourth-order valence-electron chi connectivity index (χ4n) is 1.84. The maximum Gasteiger partial charge on any atom is 0.0589 e. The summed E-state index contributed by atoms with van der Waals surface area (Å²) < 4.78 is 5.05. The molecule has 1 aliphatic heterocycles. The molecule has 78 valence electrons. The van der Waals surface area contributed by atoms with Gasteiger partial charge in [-0.3, -0.25) is 0 Å². The van der Waals surface area contributed by atoms with Gasteiger partial charge in [-0.1, -0.05) is 0 Å². The van der Waals surface area contributed by atoms with Crippen LogP contribution in [-0.2, 0) is 4.74 Å². The summed E-state index contributed by atoms with van der Waals surface area (Å²) in [6.07, 6.45) is 2.66. The van der Waals surface area contributed by atoms with Crippen molar-refractivity contribution >= 4 is 0 Å². The Labute approximate surface area is 81.4 Å². The van der Waals surface area contributed by atoms with E-state index in [1.165, 1.54) is 32.5 Å². The molecule has 0 radical (unpaired) electrons. The molecule has 1 aliphatic rings. The highest BCUT2D eigenvalue weighted by molar-refractivity contribution is 4.70. The molecule has 0 aromatic carbocycles. The molecule has 1 fully saturated rings. The third-order valence-corrected chi connectivity index (χ3v) is 2.71. The molecule has 0 saturated carbocycles. The molecule has 0 aromatic heterocycles. The van der Waals surface area contributed by atoms with Crippen molar-refractivity contribution in [3.8, 4) is 0 Å². The third-order valence-electron chi connectivity index (χ3n) is 2.71. The lowest BCUT2D eigenvalue weighted by atomic mass is 9.98. The molecular formula is C10H22N2O. The highest BCUT2D eigenvalue weighted by Gasteiger charge is 2.14. The first-order valence-electron chi connectivity index (χ1n) is 5.21. The predicted octanol–water partition coefficient (Wildman–Crippen LogP) is 0.564. The smallest absolute Gasteiger partial charge is 0.0589 e. The van der Waals surface area contributed by atoms with Crippen LogP contribution in [0.5, 0.6) is 0 Å². The van der Waals surface area contributed by atoms with E-state index in [-0.39, 0.29) is 0 Å². The average molecular weight is 186 g/mol. The Morgan fingerprint density at radius 1 is 1.38 bits per heavy atom. The Morgan fingerprint density at radius 2 is 2.08 bits per heavy atom. The minimum absolute atomic E-state index is 0.849. The number of methoxy groups -OCH3 is 1. The highest BCUT2D eigenvalue weighted by Crippen LogP contribution is 2.12. The molecule has 0 unspecified atom stereocenters. The van der Waals surface area contributed by atoms with E-state index in [1.807, 2.05) is 0 Å². The molecule has 13 heavy (non-hydrogen) atoms. The molecule has 0 aliphatic carbocycles.